The van der Waals surface area contributed by atoms with E-state index in [1.54, 1.807) is 7.05 Å². The van der Waals surface area contributed by atoms with Gasteiger partial charge in [-0.3, -0.25) is 9.39 Å². The van der Waals surface area contributed by atoms with Crippen molar-refractivity contribution in [2.45, 2.75) is 26.3 Å². The van der Waals surface area contributed by atoms with Gasteiger partial charge in [-0.15, -0.1) is 10.2 Å². The maximum absolute atomic E-state index is 4.29. The van der Waals surface area contributed by atoms with Gasteiger partial charge in [0.15, 0.2) is 17.4 Å². The zero-order chi connectivity index (χ0) is 18.9. The molecule has 0 saturated carbocycles. The van der Waals surface area contributed by atoms with Crippen molar-refractivity contribution in [1.82, 2.24) is 35.0 Å². The van der Waals surface area contributed by atoms with E-state index in [0.717, 1.165) is 30.4 Å². The molecule has 8 heteroatoms. The number of hydrogen-bond acceptors (Lipinski definition) is 5. The minimum atomic E-state index is 0.590. The van der Waals surface area contributed by atoms with E-state index >= 15 is 0 Å². The van der Waals surface area contributed by atoms with Crippen molar-refractivity contribution < 1.29 is 0 Å². The van der Waals surface area contributed by atoms with Crippen molar-refractivity contribution >= 4 is 11.6 Å². The molecule has 1 saturated heterocycles. The van der Waals surface area contributed by atoms with Gasteiger partial charge in [-0.1, -0.05) is 13.0 Å². The summed E-state index contributed by atoms with van der Waals surface area (Å²) < 4.78 is 1.98. The molecule has 0 spiro atoms. The van der Waals surface area contributed by atoms with Gasteiger partial charge in [0.25, 0.3) is 0 Å². The summed E-state index contributed by atoms with van der Waals surface area (Å²) in [5.74, 6) is 1.68. The number of hydrogen-bond donors (Lipinski definition) is 2. The molecule has 0 amide bonds. The summed E-state index contributed by atoms with van der Waals surface area (Å²) in [4.78, 5) is 9.39. The van der Waals surface area contributed by atoms with Crippen molar-refractivity contribution in [1.29, 1.82) is 0 Å². The maximum Gasteiger partial charge on any atom is 0.191 e. The summed E-state index contributed by atoms with van der Waals surface area (Å²) in [6, 6.07) is 5.89. The van der Waals surface area contributed by atoms with Crippen LogP contribution in [-0.4, -0.2) is 83.2 Å². The first-order valence-corrected chi connectivity index (χ1v) is 9.98. The SMILES string of the molecule is CCN1CCN(CCCCNC(=NC)NCc2nnc3ccccn23)CC1. The molecule has 148 valence electrons. The van der Waals surface area contributed by atoms with E-state index < -0.39 is 0 Å². The Balaban J connectivity index is 1.31. The number of aliphatic imine (C=N–C) groups is 1. The van der Waals surface area contributed by atoms with Crippen molar-refractivity contribution in [3.8, 4) is 0 Å². The van der Waals surface area contributed by atoms with E-state index in [1.165, 1.54) is 45.7 Å². The van der Waals surface area contributed by atoms with E-state index in [2.05, 4.69) is 42.5 Å². The van der Waals surface area contributed by atoms with Gasteiger partial charge >= 0.3 is 0 Å². The summed E-state index contributed by atoms with van der Waals surface area (Å²) >= 11 is 0. The second-order valence-electron chi connectivity index (χ2n) is 6.88. The van der Waals surface area contributed by atoms with Gasteiger partial charge in [-0.05, 0) is 38.1 Å². The molecule has 0 unspecified atom stereocenters. The van der Waals surface area contributed by atoms with Gasteiger partial charge in [0.05, 0.1) is 6.54 Å². The molecular formula is C19H32N8. The number of guanidine groups is 1. The molecule has 8 nitrogen and oxygen atoms in total. The van der Waals surface area contributed by atoms with Gasteiger partial charge in [-0.2, -0.15) is 0 Å². The van der Waals surface area contributed by atoms with E-state index in [1.807, 2.05) is 28.8 Å². The number of fused-ring (bicyclic) bond motifs is 1. The predicted molar refractivity (Wildman–Crippen MR) is 109 cm³/mol. The summed E-state index contributed by atoms with van der Waals surface area (Å²) in [6.07, 6.45) is 4.33. The van der Waals surface area contributed by atoms with Crippen LogP contribution in [0.15, 0.2) is 29.4 Å². The van der Waals surface area contributed by atoms with Crippen molar-refractivity contribution in [3.63, 3.8) is 0 Å². The van der Waals surface area contributed by atoms with Crippen molar-refractivity contribution in [3.05, 3.63) is 30.2 Å². The molecule has 2 aromatic rings. The Hall–Kier alpha value is -2.19. The van der Waals surface area contributed by atoms with Crippen molar-refractivity contribution in [2.24, 2.45) is 4.99 Å². The Morgan fingerprint density at radius 1 is 1.07 bits per heavy atom. The number of pyridine rings is 1. The summed E-state index contributed by atoms with van der Waals surface area (Å²) in [5, 5.41) is 15.1. The van der Waals surface area contributed by atoms with Gasteiger partial charge in [-0.25, -0.2) is 0 Å². The third-order valence-electron chi connectivity index (χ3n) is 5.13. The lowest BCUT2D eigenvalue weighted by molar-refractivity contribution is 0.136. The average molecular weight is 373 g/mol. The highest BCUT2D eigenvalue weighted by atomic mass is 15.3. The summed E-state index contributed by atoms with van der Waals surface area (Å²) in [5.41, 5.74) is 0.858. The zero-order valence-electron chi connectivity index (χ0n) is 16.6. The molecule has 1 aliphatic heterocycles. The third kappa shape index (κ3) is 5.64. The molecule has 0 radical (unpaired) electrons. The van der Waals surface area contributed by atoms with Crippen LogP contribution in [0.3, 0.4) is 0 Å². The molecule has 27 heavy (non-hydrogen) atoms. The number of piperazine rings is 1. The first kappa shape index (κ1) is 19.6. The van der Waals surface area contributed by atoms with Crippen molar-refractivity contribution in [2.75, 3.05) is 52.9 Å². The minimum absolute atomic E-state index is 0.590. The maximum atomic E-state index is 4.29. The number of unbranched alkanes of at least 4 members (excludes halogenated alkanes) is 1. The molecule has 0 aliphatic carbocycles. The van der Waals surface area contributed by atoms with Crippen LogP contribution in [0.2, 0.25) is 0 Å². The molecule has 1 fully saturated rings. The highest BCUT2D eigenvalue weighted by Crippen LogP contribution is 2.03. The van der Waals surface area contributed by atoms with E-state index in [-0.39, 0.29) is 0 Å². The lowest BCUT2D eigenvalue weighted by Crippen LogP contribution is -2.46. The Morgan fingerprint density at radius 3 is 2.67 bits per heavy atom. The third-order valence-corrected chi connectivity index (χ3v) is 5.13. The summed E-state index contributed by atoms with van der Waals surface area (Å²) in [7, 11) is 1.80. The molecule has 3 rings (SSSR count). The molecule has 2 aromatic heterocycles. The van der Waals surface area contributed by atoms with Gasteiger partial charge < -0.3 is 20.4 Å². The molecule has 0 aromatic carbocycles. The topological polar surface area (TPSA) is 73.1 Å². The standard InChI is InChI=1S/C19H32N8/c1-3-25-12-14-26(15-13-25)10-7-5-9-21-19(20-2)22-16-18-24-23-17-8-4-6-11-27(17)18/h4,6,8,11H,3,5,7,9-10,12-16H2,1-2H3,(H2,20,21,22). The lowest BCUT2D eigenvalue weighted by atomic mass is 10.2. The van der Waals surface area contributed by atoms with Crippen LogP contribution < -0.4 is 10.6 Å². The van der Waals surface area contributed by atoms with Gasteiger partial charge in [0.1, 0.15) is 0 Å². The van der Waals surface area contributed by atoms with E-state index in [4.69, 9.17) is 0 Å². The van der Waals surface area contributed by atoms with Gasteiger partial charge in [0, 0.05) is 46.0 Å². The predicted octanol–water partition coefficient (Wildman–Crippen LogP) is 0.812. The van der Waals surface area contributed by atoms with Gasteiger partial charge in [0.2, 0.25) is 0 Å². The van der Waals surface area contributed by atoms with Crippen LogP contribution in [0.5, 0.6) is 0 Å². The Morgan fingerprint density at radius 2 is 1.89 bits per heavy atom. The number of aromatic nitrogens is 3. The zero-order valence-corrected chi connectivity index (χ0v) is 16.6. The highest BCUT2D eigenvalue weighted by Gasteiger charge is 2.14. The fourth-order valence-electron chi connectivity index (χ4n) is 3.39. The Bertz CT molecular complexity index is 717. The molecule has 2 N–H and O–H groups in total. The first-order valence-electron chi connectivity index (χ1n) is 9.98. The fraction of sp³-hybridized carbons (Fsp3) is 0.632. The molecular weight excluding hydrogens is 340 g/mol. The van der Waals surface area contributed by atoms with E-state index in [0.29, 0.717) is 6.54 Å². The Kier molecular flexibility index (Phi) is 7.41. The minimum Gasteiger partial charge on any atom is -0.356 e. The van der Waals surface area contributed by atoms with Crippen LogP contribution in [0.25, 0.3) is 5.65 Å². The van der Waals surface area contributed by atoms with E-state index in [9.17, 15) is 0 Å². The second-order valence-corrected chi connectivity index (χ2v) is 6.88. The highest BCUT2D eigenvalue weighted by molar-refractivity contribution is 5.79. The van der Waals surface area contributed by atoms with Crippen LogP contribution in [0, 0.1) is 0 Å². The molecule has 0 bridgehead atoms. The quantitative estimate of drug-likeness (QED) is 0.406. The monoisotopic (exact) mass is 372 g/mol. The Labute approximate surface area is 161 Å². The number of likely N-dealkylation sites (N-methyl/N-ethyl adjacent to an activating group) is 1. The van der Waals surface area contributed by atoms with Crippen LogP contribution in [0.4, 0.5) is 0 Å². The lowest BCUT2D eigenvalue weighted by Gasteiger charge is -2.34. The molecule has 0 atom stereocenters. The van der Waals surface area contributed by atoms with Crippen LogP contribution in [-0.2, 0) is 6.54 Å². The fourth-order valence-corrected chi connectivity index (χ4v) is 3.39. The average Bonchev–Trinajstić information content (AvgIpc) is 3.13. The largest absolute Gasteiger partial charge is 0.356 e. The number of nitrogens with zero attached hydrogens (tertiary/aromatic N) is 6. The number of nitrogens with one attached hydrogen (secondary N) is 2. The first-order chi connectivity index (χ1) is 13.3. The summed E-state index contributed by atoms with van der Waals surface area (Å²) in [6.45, 7) is 11.0. The smallest absolute Gasteiger partial charge is 0.191 e. The normalized spacial score (nSPS) is 16.7. The molecule has 3 heterocycles. The van der Waals surface area contributed by atoms with Crippen LogP contribution >= 0.6 is 0 Å². The van der Waals surface area contributed by atoms with Crippen LogP contribution in [0.1, 0.15) is 25.6 Å². The second kappa shape index (κ2) is 10.2. The molecule has 1 aliphatic rings. The number of rotatable bonds is 8.